The van der Waals surface area contributed by atoms with E-state index in [1.165, 1.54) is 49.6 Å². The molecule has 0 bridgehead atoms. The Balaban J connectivity index is 1.68. The number of amides is 2. The van der Waals surface area contributed by atoms with Crippen LogP contribution in [0.2, 0.25) is 0 Å². The van der Waals surface area contributed by atoms with Crippen molar-refractivity contribution in [3.63, 3.8) is 0 Å². The van der Waals surface area contributed by atoms with Crippen LogP contribution in [-0.4, -0.2) is 68.4 Å². The summed E-state index contributed by atoms with van der Waals surface area (Å²) < 4.78 is 32.2. The molecule has 2 amide bonds. The lowest BCUT2D eigenvalue weighted by Gasteiger charge is -2.21. The molecule has 32 heavy (non-hydrogen) atoms. The van der Waals surface area contributed by atoms with E-state index < -0.39 is 21.0 Å². The van der Waals surface area contributed by atoms with Crippen LogP contribution in [0, 0.1) is 10.1 Å². The SMILES string of the molecule is COC(=O)N1CCCN(C(=O)c2ccc(NS(=O)(=O)c3cccc([N+](=O)[O-])c3)cc2)CC1. The molecule has 0 atom stereocenters. The van der Waals surface area contributed by atoms with Crippen LogP contribution in [0.25, 0.3) is 0 Å². The van der Waals surface area contributed by atoms with Gasteiger partial charge < -0.3 is 14.5 Å². The number of non-ortho nitro benzene ring substituents is 1. The zero-order valence-electron chi connectivity index (χ0n) is 17.3. The fourth-order valence-corrected chi connectivity index (χ4v) is 4.37. The summed E-state index contributed by atoms with van der Waals surface area (Å²) in [6.45, 7) is 1.69. The summed E-state index contributed by atoms with van der Waals surface area (Å²) in [6.07, 6.45) is 0.182. The van der Waals surface area contributed by atoms with E-state index in [0.29, 0.717) is 38.2 Å². The number of benzene rings is 2. The van der Waals surface area contributed by atoms with Crippen molar-refractivity contribution in [2.75, 3.05) is 38.0 Å². The van der Waals surface area contributed by atoms with Crippen molar-refractivity contribution in [3.05, 3.63) is 64.2 Å². The smallest absolute Gasteiger partial charge is 0.409 e. The molecule has 0 saturated carbocycles. The molecule has 170 valence electrons. The van der Waals surface area contributed by atoms with Crippen LogP contribution in [0.5, 0.6) is 0 Å². The van der Waals surface area contributed by atoms with Crippen LogP contribution in [0.4, 0.5) is 16.2 Å². The number of nitro benzene ring substituents is 1. The van der Waals surface area contributed by atoms with E-state index in [2.05, 4.69) is 4.72 Å². The van der Waals surface area contributed by atoms with Gasteiger partial charge in [0, 0.05) is 49.6 Å². The normalized spacial score (nSPS) is 14.4. The number of hydrogen-bond donors (Lipinski definition) is 1. The molecule has 0 radical (unpaired) electrons. The van der Waals surface area contributed by atoms with Crippen molar-refractivity contribution in [1.82, 2.24) is 9.80 Å². The van der Waals surface area contributed by atoms with Gasteiger partial charge in [-0.25, -0.2) is 13.2 Å². The maximum absolute atomic E-state index is 12.8. The van der Waals surface area contributed by atoms with Gasteiger partial charge >= 0.3 is 6.09 Å². The van der Waals surface area contributed by atoms with E-state index in [4.69, 9.17) is 4.74 Å². The van der Waals surface area contributed by atoms with Crippen LogP contribution in [0.3, 0.4) is 0 Å². The first kappa shape index (κ1) is 23.0. The molecule has 2 aromatic carbocycles. The molecule has 1 saturated heterocycles. The Labute approximate surface area is 184 Å². The molecule has 0 unspecified atom stereocenters. The van der Waals surface area contributed by atoms with Gasteiger partial charge in [0.05, 0.1) is 16.9 Å². The Kier molecular flexibility index (Phi) is 6.93. The summed E-state index contributed by atoms with van der Waals surface area (Å²) in [4.78, 5) is 37.6. The lowest BCUT2D eigenvalue weighted by atomic mass is 10.2. The van der Waals surface area contributed by atoms with Crippen molar-refractivity contribution in [2.45, 2.75) is 11.3 Å². The van der Waals surface area contributed by atoms with Crippen LogP contribution in [-0.2, 0) is 14.8 Å². The maximum Gasteiger partial charge on any atom is 0.409 e. The third-order valence-corrected chi connectivity index (χ3v) is 6.32. The van der Waals surface area contributed by atoms with E-state index >= 15 is 0 Å². The van der Waals surface area contributed by atoms with Gasteiger partial charge in [0.2, 0.25) is 0 Å². The molecule has 1 N–H and O–H groups in total. The quantitative estimate of drug-likeness (QED) is 0.531. The highest BCUT2D eigenvalue weighted by molar-refractivity contribution is 7.92. The Morgan fingerprint density at radius 3 is 2.34 bits per heavy atom. The third kappa shape index (κ3) is 5.32. The molecule has 1 fully saturated rings. The minimum Gasteiger partial charge on any atom is -0.453 e. The Bertz CT molecular complexity index is 1120. The van der Waals surface area contributed by atoms with Crippen LogP contribution < -0.4 is 4.72 Å². The topological polar surface area (TPSA) is 139 Å². The second kappa shape index (κ2) is 9.64. The molecule has 0 aromatic heterocycles. The van der Waals surface area contributed by atoms with Crippen molar-refractivity contribution in [1.29, 1.82) is 0 Å². The van der Waals surface area contributed by atoms with Gasteiger partial charge in [-0.3, -0.25) is 19.6 Å². The van der Waals surface area contributed by atoms with Gasteiger partial charge in [-0.15, -0.1) is 0 Å². The maximum atomic E-state index is 12.8. The van der Waals surface area contributed by atoms with Gasteiger partial charge in [-0.05, 0) is 36.8 Å². The number of nitro groups is 1. The molecule has 0 spiro atoms. The minimum absolute atomic E-state index is 0.209. The number of ether oxygens (including phenoxy) is 1. The number of carbonyl (C=O) groups is 2. The third-order valence-electron chi connectivity index (χ3n) is 4.94. The van der Waals surface area contributed by atoms with Gasteiger partial charge in [0.1, 0.15) is 0 Å². The predicted octanol–water partition coefficient (Wildman–Crippen LogP) is 2.31. The summed E-state index contributed by atoms with van der Waals surface area (Å²) >= 11 is 0. The van der Waals surface area contributed by atoms with Gasteiger partial charge in [0.15, 0.2) is 0 Å². The molecule has 2 aromatic rings. The standard InChI is InChI=1S/C20H22N4O7S/c1-31-20(26)23-11-3-10-22(12-13-23)19(25)15-6-8-16(9-7-15)21-32(29,30)18-5-2-4-17(14-18)24(27)28/h2,4-9,14,21H,3,10-13H2,1H3. The summed E-state index contributed by atoms with van der Waals surface area (Å²) in [6, 6.07) is 10.6. The van der Waals surface area contributed by atoms with E-state index in [1.807, 2.05) is 0 Å². The second-order valence-electron chi connectivity index (χ2n) is 7.04. The summed E-state index contributed by atoms with van der Waals surface area (Å²) in [5, 5.41) is 10.9. The Morgan fingerprint density at radius 1 is 1.03 bits per heavy atom. The molecule has 1 heterocycles. The summed E-state index contributed by atoms with van der Waals surface area (Å²) in [7, 11) is -2.73. The molecule has 1 aliphatic heterocycles. The number of nitrogens with one attached hydrogen (secondary N) is 1. The van der Waals surface area contributed by atoms with E-state index in [9.17, 15) is 28.1 Å². The number of carbonyl (C=O) groups excluding carboxylic acids is 2. The average molecular weight is 462 g/mol. The highest BCUT2D eigenvalue weighted by Gasteiger charge is 2.23. The first-order chi connectivity index (χ1) is 15.2. The Hall–Kier alpha value is -3.67. The summed E-state index contributed by atoms with van der Waals surface area (Å²) in [5.41, 5.74) is 0.243. The zero-order chi connectivity index (χ0) is 23.3. The number of methoxy groups -OCH3 is 1. The predicted molar refractivity (Wildman–Crippen MR) is 115 cm³/mol. The lowest BCUT2D eigenvalue weighted by molar-refractivity contribution is -0.385. The number of nitrogens with zero attached hydrogens (tertiary/aromatic N) is 3. The fraction of sp³-hybridized carbons (Fsp3) is 0.300. The first-order valence-electron chi connectivity index (χ1n) is 9.71. The van der Waals surface area contributed by atoms with E-state index in [-0.39, 0.29) is 22.2 Å². The summed E-state index contributed by atoms with van der Waals surface area (Å²) in [5.74, 6) is -0.232. The van der Waals surface area contributed by atoms with Crippen molar-refractivity contribution in [2.24, 2.45) is 0 Å². The fourth-order valence-electron chi connectivity index (χ4n) is 3.27. The van der Waals surface area contributed by atoms with Crippen molar-refractivity contribution >= 4 is 33.4 Å². The largest absolute Gasteiger partial charge is 0.453 e. The van der Waals surface area contributed by atoms with E-state index in [1.54, 1.807) is 9.80 Å². The van der Waals surface area contributed by atoms with Crippen LogP contribution in [0.1, 0.15) is 16.8 Å². The Morgan fingerprint density at radius 2 is 1.69 bits per heavy atom. The second-order valence-corrected chi connectivity index (χ2v) is 8.72. The number of hydrogen-bond acceptors (Lipinski definition) is 7. The van der Waals surface area contributed by atoms with Gasteiger partial charge in [-0.1, -0.05) is 6.07 Å². The zero-order valence-corrected chi connectivity index (χ0v) is 18.1. The molecule has 3 rings (SSSR count). The number of anilines is 1. The minimum atomic E-state index is -4.04. The molecule has 12 heteroatoms. The molecule has 0 aliphatic carbocycles. The highest BCUT2D eigenvalue weighted by Crippen LogP contribution is 2.21. The van der Waals surface area contributed by atoms with Crippen molar-refractivity contribution in [3.8, 4) is 0 Å². The first-order valence-corrected chi connectivity index (χ1v) is 11.2. The molecule has 11 nitrogen and oxygen atoms in total. The lowest BCUT2D eigenvalue weighted by Crippen LogP contribution is -2.37. The van der Waals surface area contributed by atoms with Gasteiger partial charge in [-0.2, -0.15) is 0 Å². The number of rotatable bonds is 5. The monoisotopic (exact) mass is 462 g/mol. The van der Waals surface area contributed by atoms with E-state index in [0.717, 1.165) is 6.07 Å². The average Bonchev–Trinajstić information content (AvgIpc) is 3.05. The molecular weight excluding hydrogens is 440 g/mol. The highest BCUT2D eigenvalue weighted by atomic mass is 32.2. The van der Waals surface area contributed by atoms with Crippen LogP contribution in [0.15, 0.2) is 53.4 Å². The number of sulfonamides is 1. The van der Waals surface area contributed by atoms with Crippen molar-refractivity contribution < 1.29 is 27.7 Å². The van der Waals surface area contributed by atoms with Crippen LogP contribution >= 0.6 is 0 Å². The molecule has 1 aliphatic rings. The van der Waals surface area contributed by atoms with Gasteiger partial charge in [0.25, 0.3) is 21.6 Å². The molecular formula is C20H22N4O7S.